The molecule has 1 rings (SSSR count). The molecule has 0 unspecified atom stereocenters. The summed E-state index contributed by atoms with van der Waals surface area (Å²) in [5.41, 5.74) is 1.06. The van der Waals surface area contributed by atoms with Crippen molar-refractivity contribution in [3.63, 3.8) is 0 Å². The second kappa shape index (κ2) is 6.58. The third-order valence-electron chi connectivity index (χ3n) is 1.88. The summed E-state index contributed by atoms with van der Waals surface area (Å²) in [6.45, 7) is 0. The molecule has 2 heteroatoms. The van der Waals surface area contributed by atoms with E-state index in [9.17, 15) is 5.11 Å². The summed E-state index contributed by atoms with van der Waals surface area (Å²) in [4.78, 5) is 0. The van der Waals surface area contributed by atoms with Crippen molar-refractivity contribution in [3.8, 4) is 6.07 Å². The van der Waals surface area contributed by atoms with Crippen molar-refractivity contribution in [2.24, 2.45) is 0 Å². The Morgan fingerprint density at radius 1 is 1.33 bits per heavy atom. The molecule has 2 nitrogen and oxygen atoms in total. The van der Waals surface area contributed by atoms with Gasteiger partial charge in [-0.15, -0.1) is 0 Å². The van der Waals surface area contributed by atoms with Crippen molar-refractivity contribution in [1.29, 1.82) is 5.26 Å². The van der Waals surface area contributed by atoms with Crippen LogP contribution in [0.1, 0.15) is 12.0 Å². The highest BCUT2D eigenvalue weighted by atomic mass is 16.3. The molecule has 1 atom stereocenters. The Hall–Kier alpha value is -1.85. The van der Waals surface area contributed by atoms with Crippen LogP contribution in [0.4, 0.5) is 0 Å². The Bertz CT molecular complexity index is 373. The second-order valence-electron chi connectivity index (χ2n) is 3.10. The van der Waals surface area contributed by atoms with E-state index < -0.39 is 6.10 Å². The lowest BCUT2D eigenvalue weighted by Crippen LogP contribution is -1.98. The van der Waals surface area contributed by atoms with Gasteiger partial charge in [0.15, 0.2) is 0 Å². The summed E-state index contributed by atoms with van der Waals surface area (Å²) < 4.78 is 0. The number of nitriles is 1. The Morgan fingerprint density at radius 2 is 2.07 bits per heavy atom. The predicted molar refractivity (Wildman–Crippen MR) is 60.9 cm³/mol. The molecule has 0 amide bonds. The van der Waals surface area contributed by atoms with Gasteiger partial charge in [0.2, 0.25) is 0 Å². The van der Waals surface area contributed by atoms with Crippen LogP contribution in [0.5, 0.6) is 0 Å². The van der Waals surface area contributed by atoms with E-state index in [1.807, 2.05) is 42.5 Å². The SMILES string of the molecule is N#C/C=C/C[C@H](O)/C=C/c1ccccc1. The van der Waals surface area contributed by atoms with Crippen molar-refractivity contribution in [2.75, 3.05) is 0 Å². The maximum absolute atomic E-state index is 9.49. The van der Waals surface area contributed by atoms with E-state index in [-0.39, 0.29) is 0 Å². The van der Waals surface area contributed by atoms with Crippen LogP contribution in [0.2, 0.25) is 0 Å². The molecule has 0 saturated heterocycles. The van der Waals surface area contributed by atoms with Gasteiger partial charge < -0.3 is 5.11 Å². The van der Waals surface area contributed by atoms with Crippen LogP contribution in [0.15, 0.2) is 48.6 Å². The van der Waals surface area contributed by atoms with Crippen molar-refractivity contribution >= 4 is 6.08 Å². The van der Waals surface area contributed by atoms with Gasteiger partial charge in [0, 0.05) is 6.08 Å². The zero-order chi connectivity index (χ0) is 10.9. The molecule has 0 aliphatic rings. The van der Waals surface area contributed by atoms with E-state index in [0.29, 0.717) is 6.42 Å². The average molecular weight is 199 g/mol. The first kappa shape index (κ1) is 11.2. The quantitative estimate of drug-likeness (QED) is 0.757. The maximum Gasteiger partial charge on any atom is 0.0908 e. The molecule has 1 aromatic rings. The first-order chi connectivity index (χ1) is 7.33. The average Bonchev–Trinajstić information content (AvgIpc) is 2.28. The molecule has 0 radical (unpaired) electrons. The van der Waals surface area contributed by atoms with E-state index in [4.69, 9.17) is 5.26 Å². The molecule has 15 heavy (non-hydrogen) atoms. The van der Waals surface area contributed by atoms with Crippen molar-refractivity contribution < 1.29 is 5.11 Å². The number of rotatable bonds is 4. The minimum absolute atomic E-state index is 0.469. The van der Waals surface area contributed by atoms with E-state index in [1.54, 1.807) is 12.2 Å². The molecule has 76 valence electrons. The summed E-state index contributed by atoms with van der Waals surface area (Å²) in [6.07, 6.45) is 6.55. The zero-order valence-electron chi connectivity index (χ0n) is 8.38. The number of aliphatic hydroxyl groups excluding tert-OH is 1. The Labute approximate surface area is 89.8 Å². The van der Waals surface area contributed by atoms with E-state index in [0.717, 1.165) is 5.56 Å². The van der Waals surface area contributed by atoms with Crippen molar-refractivity contribution in [2.45, 2.75) is 12.5 Å². The number of allylic oxidation sites excluding steroid dienone is 1. The van der Waals surface area contributed by atoms with Gasteiger partial charge in [-0.25, -0.2) is 0 Å². The number of hydrogen-bond donors (Lipinski definition) is 1. The Kier molecular flexibility index (Phi) is 4.93. The topological polar surface area (TPSA) is 44.0 Å². The van der Waals surface area contributed by atoms with Gasteiger partial charge in [0.1, 0.15) is 0 Å². The van der Waals surface area contributed by atoms with Crippen molar-refractivity contribution in [1.82, 2.24) is 0 Å². The molecule has 0 heterocycles. The van der Waals surface area contributed by atoms with Gasteiger partial charge in [-0.05, 0) is 12.0 Å². The molecule has 0 saturated carbocycles. The molecule has 0 aliphatic carbocycles. The van der Waals surface area contributed by atoms with Crippen LogP contribution in [-0.2, 0) is 0 Å². The van der Waals surface area contributed by atoms with Crippen LogP contribution in [0, 0.1) is 11.3 Å². The monoisotopic (exact) mass is 199 g/mol. The molecule has 0 aliphatic heterocycles. The summed E-state index contributed by atoms with van der Waals surface area (Å²) in [5.74, 6) is 0. The summed E-state index contributed by atoms with van der Waals surface area (Å²) in [6, 6.07) is 11.7. The predicted octanol–water partition coefficient (Wildman–Crippen LogP) is 2.53. The number of benzene rings is 1. The number of nitrogens with zero attached hydrogens (tertiary/aromatic N) is 1. The molecular formula is C13H13NO. The molecule has 0 spiro atoms. The van der Waals surface area contributed by atoms with Crippen LogP contribution in [-0.4, -0.2) is 11.2 Å². The Morgan fingerprint density at radius 3 is 2.73 bits per heavy atom. The van der Waals surface area contributed by atoms with Crippen molar-refractivity contribution in [3.05, 3.63) is 54.1 Å². The molecule has 0 aromatic heterocycles. The van der Waals surface area contributed by atoms with Crippen LogP contribution in [0.3, 0.4) is 0 Å². The van der Waals surface area contributed by atoms with Gasteiger partial charge in [0.25, 0.3) is 0 Å². The number of aliphatic hydroxyl groups is 1. The normalized spacial score (nSPS) is 13.1. The maximum atomic E-state index is 9.49. The van der Waals surface area contributed by atoms with Gasteiger partial charge >= 0.3 is 0 Å². The summed E-state index contributed by atoms with van der Waals surface area (Å²) >= 11 is 0. The van der Waals surface area contributed by atoms with E-state index in [1.165, 1.54) is 6.08 Å². The zero-order valence-corrected chi connectivity index (χ0v) is 8.38. The standard InChI is InChI=1S/C13H13NO/c14-11-5-4-8-13(15)10-9-12-6-2-1-3-7-12/h1-7,9-10,13,15H,8H2/b5-4+,10-9+/t13-/m0/s1. The lowest BCUT2D eigenvalue weighted by atomic mass is 10.1. The van der Waals surface area contributed by atoms with Gasteiger partial charge in [-0.2, -0.15) is 5.26 Å². The second-order valence-corrected chi connectivity index (χ2v) is 3.10. The lowest BCUT2D eigenvalue weighted by Gasteiger charge is -1.99. The van der Waals surface area contributed by atoms with Gasteiger partial charge in [-0.3, -0.25) is 0 Å². The first-order valence-electron chi connectivity index (χ1n) is 4.79. The number of hydrogen-bond acceptors (Lipinski definition) is 2. The molecule has 1 N–H and O–H groups in total. The molecule has 0 fully saturated rings. The molecule has 0 bridgehead atoms. The summed E-state index contributed by atoms with van der Waals surface area (Å²) in [5, 5.41) is 17.7. The highest BCUT2D eigenvalue weighted by molar-refractivity contribution is 5.49. The fourth-order valence-electron chi connectivity index (χ4n) is 1.13. The molecule has 1 aromatic carbocycles. The minimum Gasteiger partial charge on any atom is -0.389 e. The highest BCUT2D eigenvalue weighted by Gasteiger charge is 1.94. The smallest absolute Gasteiger partial charge is 0.0908 e. The van der Waals surface area contributed by atoms with Crippen LogP contribution in [0.25, 0.3) is 6.08 Å². The third kappa shape index (κ3) is 4.80. The minimum atomic E-state index is -0.533. The fourth-order valence-corrected chi connectivity index (χ4v) is 1.13. The van der Waals surface area contributed by atoms with Crippen LogP contribution >= 0.6 is 0 Å². The van der Waals surface area contributed by atoms with E-state index >= 15 is 0 Å². The van der Waals surface area contributed by atoms with Crippen LogP contribution < -0.4 is 0 Å². The highest BCUT2D eigenvalue weighted by Crippen LogP contribution is 2.03. The molecular weight excluding hydrogens is 186 g/mol. The Balaban J connectivity index is 2.45. The fraction of sp³-hybridized carbons (Fsp3) is 0.154. The first-order valence-corrected chi connectivity index (χ1v) is 4.79. The largest absolute Gasteiger partial charge is 0.389 e. The lowest BCUT2D eigenvalue weighted by molar-refractivity contribution is 0.228. The summed E-state index contributed by atoms with van der Waals surface area (Å²) in [7, 11) is 0. The van der Waals surface area contributed by atoms with Gasteiger partial charge in [0.05, 0.1) is 12.2 Å². The van der Waals surface area contributed by atoms with Gasteiger partial charge in [-0.1, -0.05) is 48.6 Å². The van der Waals surface area contributed by atoms with E-state index in [2.05, 4.69) is 0 Å². The third-order valence-corrected chi connectivity index (χ3v) is 1.88.